The van der Waals surface area contributed by atoms with Crippen molar-refractivity contribution in [2.75, 3.05) is 0 Å². The molecule has 1 heterocycles. The Bertz CT molecular complexity index is 538. The second kappa shape index (κ2) is 4.71. The van der Waals surface area contributed by atoms with E-state index in [1.165, 1.54) is 23.1 Å². The number of benzene rings is 1. The maximum absolute atomic E-state index is 10.6. The van der Waals surface area contributed by atoms with Gasteiger partial charge in [-0.15, -0.1) is 0 Å². The molecule has 7 heteroatoms. The third kappa shape index (κ3) is 2.45. The molecule has 1 aromatic carbocycles. The van der Waals surface area contributed by atoms with Crippen molar-refractivity contribution >= 4 is 5.69 Å². The van der Waals surface area contributed by atoms with Crippen molar-refractivity contribution in [3.8, 4) is 0 Å². The van der Waals surface area contributed by atoms with Gasteiger partial charge >= 0.3 is 0 Å². The summed E-state index contributed by atoms with van der Waals surface area (Å²) < 4.78 is 1.50. The van der Waals surface area contributed by atoms with Crippen LogP contribution in [0, 0.1) is 10.1 Å². The van der Waals surface area contributed by atoms with E-state index in [1.807, 2.05) is 0 Å². The lowest BCUT2D eigenvalue weighted by molar-refractivity contribution is -0.384. The molecule has 2 rings (SSSR count). The lowest BCUT2D eigenvalue weighted by Gasteiger charge is -2.04. The third-order valence-electron chi connectivity index (χ3n) is 2.29. The summed E-state index contributed by atoms with van der Waals surface area (Å²) in [5, 5.41) is 23.5. The van der Waals surface area contributed by atoms with Gasteiger partial charge in [0.05, 0.1) is 11.5 Å². The summed E-state index contributed by atoms with van der Waals surface area (Å²) >= 11 is 0. The predicted molar refractivity (Wildman–Crippen MR) is 58.1 cm³/mol. The van der Waals surface area contributed by atoms with Gasteiger partial charge in [0.15, 0.2) is 5.82 Å². The zero-order valence-electron chi connectivity index (χ0n) is 8.85. The van der Waals surface area contributed by atoms with E-state index in [1.54, 1.807) is 12.1 Å². The molecule has 0 aliphatic heterocycles. The molecule has 17 heavy (non-hydrogen) atoms. The zero-order chi connectivity index (χ0) is 12.3. The number of nitro groups is 1. The van der Waals surface area contributed by atoms with Crippen molar-refractivity contribution in [2.45, 2.75) is 13.2 Å². The van der Waals surface area contributed by atoms with Crippen molar-refractivity contribution in [2.24, 2.45) is 0 Å². The third-order valence-corrected chi connectivity index (χ3v) is 2.29. The van der Waals surface area contributed by atoms with Gasteiger partial charge in [-0.1, -0.05) is 12.1 Å². The van der Waals surface area contributed by atoms with Crippen LogP contribution in [-0.4, -0.2) is 24.8 Å². The quantitative estimate of drug-likeness (QED) is 0.621. The first-order valence-corrected chi connectivity index (χ1v) is 4.91. The van der Waals surface area contributed by atoms with Crippen LogP contribution < -0.4 is 0 Å². The van der Waals surface area contributed by atoms with Crippen LogP contribution in [0.4, 0.5) is 5.69 Å². The lowest BCUT2D eigenvalue weighted by atomic mass is 10.2. The van der Waals surface area contributed by atoms with Crippen LogP contribution in [0.15, 0.2) is 30.6 Å². The Morgan fingerprint density at radius 3 is 3.00 bits per heavy atom. The highest BCUT2D eigenvalue weighted by Gasteiger charge is 2.08. The van der Waals surface area contributed by atoms with Gasteiger partial charge in [0.1, 0.15) is 12.9 Å². The number of non-ortho nitro benzene ring substituents is 1. The number of hydrogen-bond acceptors (Lipinski definition) is 5. The fourth-order valence-corrected chi connectivity index (χ4v) is 1.48. The Morgan fingerprint density at radius 1 is 1.47 bits per heavy atom. The van der Waals surface area contributed by atoms with Crippen LogP contribution in [0.2, 0.25) is 0 Å². The predicted octanol–water partition coefficient (Wildman–Crippen LogP) is 0.727. The molecule has 0 atom stereocenters. The molecule has 88 valence electrons. The molecule has 2 aromatic rings. The number of aliphatic hydroxyl groups excluding tert-OH is 1. The Labute approximate surface area is 96.5 Å². The number of aromatic nitrogens is 3. The fourth-order valence-electron chi connectivity index (χ4n) is 1.48. The number of nitro benzene ring substituents is 1. The Kier molecular flexibility index (Phi) is 3.10. The number of nitrogens with zero attached hydrogens (tertiary/aromatic N) is 4. The van der Waals surface area contributed by atoms with Crippen LogP contribution in [0.3, 0.4) is 0 Å². The number of rotatable bonds is 4. The van der Waals surface area contributed by atoms with Gasteiger partial charge in [-0.25, -0.2) is 9.67 Å². The van der Waals surface area contributed by atoms with Crippen molar-refractivity contribution in [3.05, 3.63) is 52.1 Å². The van der Waals surface area contributed by atoms with E-state index < -0.39 is 4.92 Å². The number of hydrogen-bond donors (Lipinski definition) is 1. The summed E-state index contributed by atoms with van der Waals surface area (Å²) in [6.07, 6.45) is 1.34. The highest BCUT2D eigenvalue weighted by molar-refractivity contribution is 5.34. The topological polar surface area (TPSA) is 94.1 Å². The monoisotopic (exact) mass is 234 g/mol. The molecule has 0 spiro atoms. The van der Waals surface area contributed by atoms with E-state index in [2.05, 4.69) is 10.1 Å². The summed E-state index contributed by atoms with van der Waals surface area (Å²) in [5.74, 6) is 0.427. The van der Waals surface area contributed by atoms with E-state index in [-0.39, 0.29) is 12.3 Å². The molecule has 1 N–H and O–H groups in total. The van der Waals surface area contributed by atoms with Gasteiger partial charge in [0.25, 0.3) is 5.69 Å². The minimum absolute atomic E-state index is 0.0353. The van der Waals surface area contributed by atoms with Crippen LogP contribution in [-0.2, 0) is 13.2 Å². The standard InChI is InChI=1S/C10H10N4O3/c15-6-10-11-7-12-13(10)5-8-2-1-3-9(4-8)14(16)17/h1-4,7,15H,5-6H2. The molecule has 0 unspecified atom stereocenters. The molecule has 7 nitrogen and oxygen atoms in total. The molecule has 1 aromatic heterocycles. The summed E-state index contributed by atoms with van der Waals surface area (Å²) in [7, 11) is 0. The summed E-state index contributed by atoms with van der Waals surface area (Å²) in [4.78, 5) is 14.0. The molecule has 0 radical (unpaired) electrons. The Morgan fingerprint density at radius 2 is 2.29 bits per heavy atom. The normalized spacial score (nSPS) is 10.4. The van der Waals surface area contributed by atoms with Gasteiger partial charge in [0, 0.05) is 12.1 Å². The first-order valence-electron chi connectivity index (χ1n) is 4.91. The second-order valence-corrected chi connectivity index (χ2v) is 3.42. The molecule has 0 bridgehead atoms. The molecule has 0 amide bonds. The Balaban J connectivity index is 2.24. The van der Waals surface area contributed by atoms with Crippen LogP contribution in [0.25, 0.3) is 0 Å². The average molecular weight is 234 g/mol. The van der Waals surface area contributed by atoms with Gasteiger partial charge in [-0.05, 0) is 5.56 Å². The Hall–Kier alpha value is -2.28. The van der Waals surface area contributed by atoms with Crippen molar-refractivity contribution in [3.63, 3.8) is 0 Å². The molecular weight excluding hydrogens is 224 g/mol. The largest absolute Gasteiger partial charge is 0.388 e. The molecule has 0 aliphatic rings. The van der Waals surface area contributed by atoms with Crippen LogP contribution in [0.5, 0.6) is 0 Å². The van der Waals surface area contributed by atoms with Crippen LogP contribution in [0.1, 0.15) is 11.4 Å². The smallest absolute Gasteiger partial charge is 0.269 e. The molecule has 0 aliphatic carbocycles. The molecule has 0 fully saturated rings. The lowest BCUT2D eigenvalue weighted by Crippen LogP contribution is -2.07. The van der Waals surface area contributed by atoms with Gasteiger partial charge in [-0.2, -0.15) is 5.10 Å². The van der Waals surface area contributed by atoms with Crippen molar-refractivity contribution < 1.29 is 10.0 Å². The minimum Gasteiger partial charge on any atom is -0.388 e. The first-order chi connectivity index (χ1) is 8.20. The SMILES string of the molecule is O=[N+]([O-])c1cccc(Cn2ncnc2CO)c1. The fraction of sp³-hybridized carbons (Fsp3) is 0.200. The molecule has 0 saturated heterocycles. The highest BCUT2D eigenvalue weighted by Crippen LogP contribution is 2.14. The van der Waals surface area contributed by atoms with E-state index >= 15 is 0 Å². The maximum Gasteiger partial charge on any atom is 0.269 e. The van der Waals surface area contributed by atoms with Gasteiger partial charge < -0.3 is 5.11 Å². The second-order valence-electron chi connectivity index (χ2n) is 3.42. The van der Waals surface area contributed by atoms with E-state index in [9.17, 15) is 10.1 Å². The summed E-state index contributed by atoms with van der Waals surface area (Å²) in [5.41, 5.74) is 0.771. The highest BCUT2D eigenvalue weighted by atomic mass is 16.6. The minimum atomic E-state index is -0.447. The summed E-state index contributed by atoms with van der Waals surface area (Å²) in [6.45, 7) is 0.131. The number of aliphatic hydroxyl groups is 1. The molecular formula is C10H10N4O3. The maximum atomic E-state index is 10.6. The van der Waals surface area contributed by atoms with E-state index in [0.717, 1.165) is 5.56 Å². The van der Waals surface area contributed by atoms with Gasteiger partial charge in [-0.3, -0.25) is 10.1 Å². The molecule has 0 saturated carbocycles. The first kappa shape index (κ1) is 11.2. The van der Waals surface area contributed by atoms with Crippen LogP contribution >= 0.6 is 0 Å². The zero-order valence-corrected chi connectivity index (χ0v) is 8.85. The van der Waals surface area contributed by atoms with Crippen molar-refractivity contribution in [1.82, 2.24) is 14.8 Å². The average Bonchev–Trinajstić information content (AvgIpc) is 2.76. The van der Waals surface area contributed by atoms with Crippen molar-refractivity contribution in [1.29, 1.82) is 0 Å². The van der Waals surface area contributed by atoms with E-state index in [0.29, 0.717) is 12.4 Å². The summed E-state index contributed by atoms with van der Waals surface area (Å²) in [6, 6.07) is 6.28. The van der Waals surface area contributed by atoms with Gasteiger partial charge in [0.2, 0.25) is 0 Å². The van der Waals surface area contributed by atoms with E-state index in [4.69, 9.17) is 5.11 Å².